The second kappa shape index (κ2) is 7.68. The molecule has 0 aromatic carbocycles. The Labute approximate surface area is 122 Å². The van der Waals surface area contributed by atoms with Crippen LogP contribution in [0.1, 0.15) is 35.8 Å². The fraction of sp³-hybridized carbons (Fsp3) is 0.312. The molecule has 0 bridgehead atoms. The van der Waals surface area contributed by atoms with Gasteiger partial charge in [-0.05, 0) is 30.5 Å². The summed E-state index contributed by atoms with van der Waals surface area (Å²) in [7, 11) is 0. The topological polar surface area (TPSA) is 39.4 Å². The molecule has 2 aromatic heterocycles. The number of furan rings is 1. The summed E-state index contributed by atoms with van der Waals surface area (Å²) < 4.78 is 11.3. The Morgan fingerprint density at radius 1 is 1.45 bits per heavy atom. The minimum absolute atomic E-state index is 0.368. The van der Waals surface area contributed by atoms with Crippen LogP contribution < -0.4 is 0 Å². The van der Waals surface area contributed by atoms with Crippen LogP contribution in [-0.2, 0) is 16.0 Å². The van der Waals surface area contributed by atoms with E-state index < -0.39 is 0 Å². The molecular weight excluding hydrogens is 272 g/mol. The maximum atomic E-state index is 10.4. The minimum atomic E-state index is -0.368. The van der Waals surface area contributed by atoms with Crippen molar-refractivity contribution in [3.63, 3.8) is 0 Å². The fourth-order valence-electron chi connectivity index (χ4n) is 1.72. The van der Waals surface area contributed by atoms with E-state index in [-0.39, 0.29) is 6.10 Å². The van der Waals surface area contributed by atoms with Crippen LogP contribution >= 0.6 is 11.3 Å². The number of carbonyl (C=O) groups excluding carboxylic acids is 1. The van der Waals surface area contributed by atoms with Crippen LogP contribution in [0.4, 0.5) is 0 Å². The number of carbonyl (C=O) groups is 1. The van der Waals surface area contributed by atoms with Gasteiger partial charge in [-0.1, -0.05) is 17.9 Å². The number of hydrogen-bond acceptors (Lipinski definition) is 4. The summed E-state index contributed by atoms with van der Waals surface area (Å²) in [5.41, 5.74) is 0. The number of rotatable bonds is 6. The van der Waals surface area contributed by atoms with Gasteiger partial charge in [0, 0.05) is 19.4 Å². The number of ether oxygens (including phenoxy) is 1. The van der Waals surface area contributed by atoms with Gasteiger partial charge in [0.05, 0.1) is 4.88 Å². The third-order valence-corrected chi connectivity index (χ3v) is 3.42. The normalized spacial score (nSPS) is 11.7. The first-order valence-corrected chi connectivity index (χ1v) is 7.40. The summed E-state index contributed by atoms with van der Waals surface area (Å²) in [6.07, 6.45) is 1.60. The minimum Gasteiger partial charge on any atom is -0.462 e. The third-order valence-electron chi connectivity index (χ3n) is 2.63. The van der Waals surface area contributed by atoms with Crippen LogP contribution in [0.15, 0.2) is 34.1 Å². The number of hydrogen-bond donors (Lipinski definition) is 0. The van der Waals surface area contributed by atoms with Crippen molar-refractivity contribution in [2.45, 2.75) is 25.9 Å². The molecule has 0 amide bonds. The van der Waals surface area contributed by atoms with E-state index in [9.17, 15) is 4.79 Å². The van der Waals surface area contributed by atoms with Crippen LogP contribution in [0.5, 0.6) is 0 Å². The zero-order chi connectivity index (χ0) is 14.2. The van der Waals surface area contributed by atoms with Crippen molar-refractivity contribution in [3.8, 4) is 11.8 Å². The van der Waals surface area contributed by atoms with E-state index in [4.69, 9.17) is 9.15 Å². The van der Waals surface area contributed by atoms with Crippen LogP contribution in [-0.4, -0.2) is 12.9 Å². The van der Waals surface area contributed by atoms with E-state index in [2.05, 4.69) is 11.8 Å². The zero-order valence-electron chi connectivity index (χ0n) is 11.3. The zero-order valence-corrected chi connectivity index (χ0v) is 12.1. The first-order valence-electron chi connectivity index (χ1n) is 6.52. The van der Waals surface area contributed by atoms with E-state index in [0.29, 0.717) is 25.2 Å². The Hall–Kier alpha value is -1.83. The predicted molar refractivity (Wildman–Crippen MR) is 78.7 cm³/mol. The van der Waals surface area contributed by atoms with Gasteiger partial charge in [-0.3, -0.25) is 0 Å². The lowest BCUT2D eigenvalue weighted by Gasteiger charge is -2.07. The average Bonchev–Trinajstić information content (AvgIpc) is 3.12. The largest absolute Gasteiger partial charge is 0.462 e. The molecule has 2 aromatic rings. The second-order valence-electron chi connectivity index (χ2n) is 4.09. The summed E-state index contributed by atoms with van der Waals surface area (Å²) in [5, 5.41) is 1.99. The van der Waals surface area contributed by atoms with Crippen molar-refractivity contribution in [3.05, 3.63) is 46.0 Å². The van der Waals surface area contributed by atoms with Gasteiger partial charge in [0.1, 0.15) is 17.8 Å². The number of aryl methyl sites for hydroxylation is 1. The van der Waals surface area contributed by atoms with E-state index in [1.807, 2.05) is 36.6 Å². The highest BCUT2D eigenvalue weighted by Crippen LogP contribution is 2.21. The van der Waals surface area contributed by atoms with E-state index >= 15 is 0 Å². The molecule has 4 heteroatoms. The maximum absolute atomic E-state index is 10.4. The van der Waals surface area contributed by atoms with Crippen LogP contribution in [0.25, 0.3) is 0 Å². The van der Waals surface area contributed by atoms with Gasteiger partial charge < -0.3 is 13.9 Å². The van der Waals surface area contributed by atoms with E-state index in [1.54, 1.807) is 11.3 Å². The average molecular weight is 288 g/mol. The molecule has 104 valence electrons. The molecule has 20 heavy (non-hydrogen) atoms. The monoisotopic (exact) mass is 288 g/mol. The molecule has 0 aliphatic rings. The second-order valence-corrected chi connectivity index (χ2v) is 5.04. The van der Waals surface area contributed by atoms with Gasteiger partial charge in [-0.25, -0.2) is 0 Å². The summed E-state index contributed by atoms with van der Waals surface area (Å²) >= 11 is 1.60. The van der Waals surface area contributed by atoms with Crippen molar-refractivity contribution in [1.82, 2.24) is 0 Å². The summed E-state index contributed by atoms with van der Waals surface area (Å²) in [6.45, 7) is 2.49. The lowest BCUT2D eigenvalue weighted by molar-refractivity contribution is -0.107. The predicted octanol–water partition coefficient (Wildman–Crippen LogP) is 3.60. The fourth-order valence-corrected chi connectivity index (χ4v) is 2.30. The highest BCUT2D eigenvalue weighted by molar-refractivity contribution is 7.10. The SMILES string of the molecule is CCOC(C#Cc1cccs1)c1ccc(CCC=O)o1. The molecule has 0 saturated heterocycles. The highest BCUT2D eigenvalue weighted by atomic mass is 32.1. The summed E-state index contributed by atoms with van der Waals surface area (Å²) in [5.74, 6) is 7.65. The summed E-state index contributed by atoms with van der Waals surface area (Å²) in [4.78, 5) is 11.4. The van der Waals surface area contributed by atoms with Crippen molar-refractivity contribution >= 4 is 17.6 Å². The van der Waals surface area contributed by atoms with Gasteiger partial charge in [0.2, 0.25) is 0 Å². The first kappa shape index (κ1) is 14.6. The Morgan fingerprint density at radius 2 is 2.35 bits per heavy atom. The molecule has 0 N–H and O–H groups in total. The molecule has 3 nitrogen and oxygen atoms in total. The first-order chi connectivity index (χ1) is 9.83. The smallest absolute Gasteiger partial charge is 0.175 e. The molecule has 0 aliphatic heterocycles. The Bertz CT molecular complexity index is 587. The van der Waals surface area contributed by atoms with Gasteiger partial charge in [-0.2, -0.15) is 0 Å². The van der Waals surface area contributed by atoms with E-state index in [0.717, 1.165) is 16.9 Å². The number of thiophene rings is 1. The van der Waals surface area contributed by atoms with Gasteiger partial charge in [0.15, 0.2) is 6.10 Å². The van der Waals surface area contributed by atoms with Crippen molar-refractivity contribution in [2.75, 3.05) is 6.61 Å². The Balaban J connectivity index is 2.11. The molecule has 2 rings (SSSR count). The molecule has 0 aliphatic carbocycles. The van der Waals surface area contributed by atoms with E-state index in [1.165, 1.54) is 0 Å². The highest BCUT2D eigenvalue weighted by Gasteiger charge is 2.13. The van der Waals surface area contributed by atoms with Crippen LogP contribution in [0.3, 0.4) is 0 Å². The Morgan fingerprint density at radius 3 is 3.05 bits per heavy atom. The quantitative estimate of drug-likeness (QED) is 0.602. The molecular formula is C16H16O3S. The van der Waals surface area contributed by atoms with Crippen LogP contribution in [0, 0.1) is 11.8 Å². The lowest BCUT2D eigenvalue weighted by Crippen LogP contribution is -2.00. The standard InChI is InChI=1S/C16H16O3S/c1-2-18-15(10-8-14-6-4-12-20-14)16-9-7-13(19-16)5-3-11-17/h4,6-7,9,11-12,15H,2-3,5H2,1H3. The van der Waals surface area contributed by atoms with Gasteiger partial charge >= 0.3 is 0 Å². The molecule has 1 unspecified atom stereocenters. The van der Waals surface area contributed by atoms with Gasteiger partial charge in [-0.15, -0.1) is 11.3 Å². The van der Waals surface area contributed by atoms with Crippen molar-refractivity contribution in [1.29, 1.82) is 0 Å². The third kappa shape index (κ3) is 4.09. The maximum Gasteiger partial charge on any atom is 0.175 e. The van der Waals surface area contributed by atoms with Gasteiger partial charge in [0.25, 0.3) is 0 Å². The lowest BCUT2D eigenvalue weighted by atomic mass is 10.2. The van der Waals surface area contributed by atoms with Crippen molar-refractivity contribution in [2.24, 2.45) is 0 Å². The van der Waals surface area contributed by atoms with Crippen LogP contribution in [0.2, 0.25) is 0 Å². The molecule has 0 fully saturated rings. The molecule has 0 saturated carbocycles. The summed E-state index contributed by atoms with van der Waals surface area (Å²) in [6, 6.07) is 7.67. The number of aldehydes is 1. The molecule has 2 heterocycles. The molecule has 1 atom stereocenters. The molecule has 0 radical (unpaired) electrons. The van der Waals surface area contributed by atoms with Crippen molar-refractivity contribution < 1.29 is 13.9 Å². The Kier molecular flexibility index (Phi) is 5.60. The molecule has 0 spiro atoms.